The molecule has 7 heteroatoms. The van der Waals surface area contributed by atoms with Gasteiger partial charge < -0.3 is 5.32 Å². The van der Waals surface area contributed by atoms with Crippen molar-refractivity contribution in [2.75, 3.05) is 24.6 Å². The Morgan fingerprint density at radius 1 is 1.14 bits per heavy atom. The fourth-order valence-corrected chi connectivity index (χ4v) is 5.50. The van der Waals surface area contributed by atoms with Gasteiger partial charge in [0, 0.05) is 11.1 Å². The minimum absolute atomic E-state index is 0.0912. The molecule has 3 rings (SSSR count). The van der Waals surface area contributed by atoms with Crippen molar-refractivity contribution >= 4 is 27.3 Å². The number of amides is 1. The molecule has 0 unspecified atom stereocenters. The summed E-state index contributed by atoms with van der Waals surface area (Å²) in [6.07, 6.45) is 0.586. The number of rotatable bonds is 7. The van der Waals surface area contributed by atoms with Crippen LogP contribution in [0.4, 0.5) is 0 Å². The van der Waals surface area contributed by atoms with Crippen LogP contribution in [0.25, 0.3) is 0 Å². The third kappa shape index (κ3) is 5.34. The summed E-state index contributed by atoms with van der Waals surface area (Å²) >= 11 is 6.01. The van der Waals surface area contributed by atoms with Gasteiger partial charge in [0.15, 0.2) is 9.84 Å². The molecule has 150 valence electrons. The number of benzene rings is 2. The first kappa shape index (κ1) is 20.8. The lowest BCUT2D eigenvalue weighted by Crippen LogP contribution is -2.44. The fraction of sp³-hybridized carbons (Fsp3) is 0.381. The van der Waals surface area contributed by atoms with Crippen LogP contribution in [0.15, 0.2) is 54.6 Å². The Balaban J connectivity index is 1.74. The molecule has 0 radical (unpaired) electrons. The Bertz CT molecular complexity index is 901. The highest BCUT2D eigenvalue weighted by Crippen LogP contribution is 2.24. The predicted molar refractivity (Wildman–Crippen MR) is 112 cm³/mol. The molecule has 1 heterocycles. The maximum Gasteiger partial charge on any atom is 0.234 e. The highest BCUT2D eigenvalue weighted by molar-refractivity contribution is 7.91. The summed E-state index contributed by atoms with van der Waals surface area (Å²) in [7, 11) is -2.99. The maximum atomic E-state index is 12.8. The molecule has 2 aromatic carbocycles. The summed E-state index contributed by atoms with van der Waals surface area (Å²) in [5.41, 5.74) is 1.92. The number of hydrogen-bond acceptors (Lipinski definition) is 4. The van der Waals surface area contributed by atoms with Crippen LogP contribution >= 0.6 is 11.6 Å². The lowest BCUT2D eigenvalue weighted by atomic mass is 9.98. The minimum atomic E-state index is -2.99. The predicted octanol–water partition coefficient (Wildman–Crippen LogP) is 3.05. The Morgan fingerprint density at radius 2 is 1.79 bits per heavy atom. The van der Waals surface area contributed by atoms with E-state index in [4.69, 9.17) is 11.6 Å². The van der Waals surface area contributed by atoms with Gasteiger partial charge in [0.25, 0.3) is 0 Å². The van der Waals surface area contributed by atoms with Crippen LogP contribution in [0.1, 0.15) is 30.5 Å². The van der Waals surface area contributed by atoms with Crippen LogP contribution in [0, 0.1) is 0 Å². The Hall–Kier alpha value is -1.89. The molecule has 1 fully saturated rings. The van der Waals surface area contributed by atoms with Crippen molar-refractivity contribution < 1.29 is 13.2 Å². The van der Waals surface area contributed by atoms with Crippen LogP contribution in [0.3, 0.4) is 0 Å². The summed E-state index contributed by atoms with van der Waals surface area (Å²) in [5.74, 6) is 0.204. The second-order valence-corrected chi connectivity index (χ2v) is 9.75. The summed E-state index contributed by atoms with van der Waals surface area (Å²) in [6, 6.07) is 16.8. The summed E-state index contributed by atoms with van der Waals surface area (Å²) in [4.78, 5) is 14.8. The van der Waals surface area contributed by atoms with E-state index in [1.807, 2.05) is 54.3 Å². The molecule has 0 aliphatic carbocycles. The molecule has 2 aromatic rings. The van der Waals surface area contributed by atoms with Crippen molar-refractivity contribution in [3.8, 4) is 0 Å². The van der Waals surface area contributed by atoms with Crippen LogP contribution in [0.2, 0.25) is 5.02 Å². The smallest absolute Gasteiger partial charge is 0.234 e. The molecule has 1 aliphatic heterocycles. The van der Waals surface area contributed by atoms with Crippen LogP contribution in [-0.4, -0.2) is 49.9 Å². The Morgan fingerprint density at radius 3 is 2.36 bits per heavy atom. The van der Waals surface area contributed by atoms with Gasteiger partial charge in [-0.1, -0.05) is 61.0 Å². The quantitative estimate of drug-likeness (QED) is 0.747. The second kappa shape index (κ2) is 9.07. The summed E-state index contributed by atoms with van der Waals surface area (Å²) in [5, 5.41) is 3.75. The second-order valence-electron chi connectivity index (χ2n) is 7.08. The number of carbonyl (C=O) groups is 1. The largest absolute Gasteiger partial charge is 0.344 e. The third-order valence-corrected chi connectivity index (χ3v) is 7.12. The van der Waals surface area contributed by atoms with Gasteiger partial charge in [-0.3, -0.25) is 9.69 Å². The highest BCUT2D eigenvalue weighted by atomic mass is 35.5. The summed E-state index contributed by atoms with van der Waals surface area (Å²) < 4.78 is 23.6. The van der Waals surface area contributed by atoms with E-state index in [2.05, 4.69) is 5.32 Å². The van der Waals surface area contributed by atoms with Gasteiger partial charge in [0.05, 0.1) is 24.1 Å². The maximum absolute atomic E-state index is 12.8. The van der Waals surface area contributed by atoms with Gasteiger partial charge >= 0.3 is 0 Å². The molecule has 1 N–H and O–H groups in total. The van der Waals surface area contributed by atoms with E-state index in [9.17, 15) is 13.2 Å². The molecule has 0 spiro atoms. The monoisotopic (exact) mass is 420 g/mol. The molecular weight excluding hydrogens is 396 g/mol. The highest BCUT2D eigenvalue weighted by Gasteiger charge is 2.32. The average molecular weight is 421 g/mol. The van der Waals surface area contributed by atoms with Gasteiger partial charge in [-0.25, -0.2) is 8.42 Å². The first-order valence-corrected chi connectivity index (χ1v) is 11.6. The Kier molecular flexibility index (Phi) is 6.75. The van der Waals surface area contributed by atoms with Crippen LogP contribution in [0.5, 0.6) is 0 Å². The van der Waals surface area contributed by atoms with E-state index in [1.54, 1.807) is 12.1 Å². The van der Waals surface area contributed by atoms with Gasteiger partial charge in [-0.15, -0.1) is 0 Å². The first-order valence-electron chi connectivity index (χ1n) is 9.42. The van der Waals surface area contributed by atoms with Crippen molar-refractivity contribution in [2.24, 2.45) is 0 Å². The molecule has 0 aromatic heterocycles. The molecule has 1 saturated heterocycles. The van der Waals surface area contributed by atoms with E-state index >= 15 is 0 Å². The van der Waals surface area contributed by atoms with Crippen molar-refractivity contribution in [3.05, 3.63) is 70.7 Å². The normalized spacial score (nSPS) is 19.5. The first-order chi connectivity index (χ1) is 13.4. The number of halogens is 1. The number of hydrogen-bond donors (Lipinski definition) is 1. The summed E-state index contributed by atoms with van der Waals surface area (Å²) in [6.45, 7) is 2.75. The molecule has 1 amide bonds. The Labute approximate surface area is 171 Å². The van der Waals surface area contributed by atoms with Crippen molar-refractivity contribution in [1.82, 2.24) is 10.2 Å². The fourth-order valence-electron chi connectivity index (χ4n) is 3.61. The molecule has 0 bridgehead atoms. The van der Waals surface area contributed by atoms with Crippen LogP contribution in [-0.2, 0) is 14.6 Å². The van der Waals surface area contributed by atoms with E-state index in [0.29, 0.717) is 18.0 Å². The topological polar surface area (TPSA) is 66.5 Å². The minimum Gasteiger partial charge on any atom is -0.344 e. The molecule has 0 saturated carbocycles. The van der Waals surface area contributed by atoms with Gasteiger partial charge in [0.1, 0.15) is 0 Å². The number of sulfone groups is 1. The van der Waals surface area contributed by atoms with Crippen molar-refractivity contribution in [2.45, 2.75) is 25.4 Å². The number of nitrogens with one attached hydrogen (secondary N) is 1. The van der Waals surface area contributed by atoms with E-state index < -0.39 is 9.84 Å². The van der Waals surface area contributed by atoms with Gasteiger partial charge in [-0.2, -0.15) is 0 Å². The average Bonchev–Trinajstić information content (AvgIpc) is 3.05. The van der Waals surface area contributed by atoms with E-state index in [-0.39, 0.29) is 36.0 Å². The van der Waals surface area contributed by atoms with Crippen molar-refractivity contribution in [1.29, 1.82) is 0 Å². The molecular formula is C21H25ClN2O3S. The number of nitrogens with zero attached hydrogens (tertiary/aromatic N) is 1. The van der Waals surface area contributed by atoms with E-state index in [1.165, 1.54) is 0 Å². The van der Waals surface area contributed by atoms with Crippen LogP contribution < -0.4 is 5.32 Å². The molecule has 28 heavy (non-hydrogen) atoms. The van der Waals surface area contributed by atoms with Gasteiger partial charge in [-0.05, 0) is 36.2 Å². The lowest BCUT2D eigenvalue weighted by molar-refractivity contribution is -0.123. The zero-order valence-corrected chi connectivity index (χ0v) is 17.4. The zero-order chi connectivity index (χ0) is 20.1. The number of carbonyl (C=O) groups excluding carboxylic acids is 1. The number of likely N-dealkylation sites (N-methyl/N-ethyl adjacent to an activating group) is 1. The zero-order valence-electron chi connectivity index (χ0n) is 15.8. The molecule has 5 nitrogen and oxygen atoms in total. The van der Waals surface area contributed by atoms with E-state index in [0.717, 1.165) is 11.1 Å². The van der Waals surface area contributed by atoms with Crippen molar-refractivity contribution in [3.63, 3.8) is 0 Å². The lowest BCUT2D eigenvalue weighted by Gasteiger charge is -2.27. The third-order valence-electron chi connectivity index (χ3n) is 5.12. The molecule has 2 atom stereocenters. The SMILES string of the molecule is CCN(CC(=O)N[C@@H](c1ccccc1)c1ccc(Cl)cc1)[C@@H]1CCS(=O)(=O)C1. The standard InChI is InChI=1S/C21H25ClN2O3S/c1-2-24(19-12-13-28(26,27)15-19)14-20(25)23-21(16-6-4-3-5-7-16)17-8-10-18(22)11-9-17/h3-11,19,21H,2,12-15H2,1H3,(H,23,25)/t19-,21+/m1/s1. The van der Waals surface area contributed by atoms with Gasteiger partial charge in [0.2, 0.25) is 5.91 Å². The molecule has 1 aliphatic rings.